The van der Waals surface area contributed by atoms with Gasteiger partial charge in [0.25, 0.3) is 0 Å². The summed E-state index contributed by atoms with van der Waals surface area (Å²) in [5, 5.41) is 12.6. The van der Waals surface area contributed by atoms with Crippen LogP contribution in [0.1, 0.15) is 19.2 Å². The third-order valence-corrected chi connectivity index (χ3v) is 6.49. The fourth-order valence-electron chi connectivity index (χ4n) is 2.84. The van der Waals surface area contributed by atoms with E-state index in [1.807, 2.05) is 19.1 Å². The maximum absolute atomic E-state index is 12.1. The van der Waals surface area contributed by atoms with Crippen molar-refractivity contribution in [3.8, 4) is 5.69 Å². The third kappa shape index (κ3) is 4.35. The Hall–Kier alpha value is -1.55. The van der Waals surface area contributed by atoms with Gasteiger partial charge in [0.05, 0.1) is 18.0 Å². The summed E-state index contributed by atoms with van der Waals surface area (Å²) in [5.74, 6) is 0.925. The Morgan fingerprint density at radius 1 is 1.12 bits per heavy atom. The van der Waals surface area contributed by atoms with Crippen molar-refractivity contribution in [2.24, 2.45) is 0 Å². The molecule has 25 heavy (non-hydrogen) atoms. The molecule has 2 heterocycles. The van der Waals surface area contributed by atoms with Crippen LogP contribution in [0, 0.1) is 0 Å². The normalized spacial score (nSPS) is 17.0. The van der Waals surface area contributed by atoms with Gasteiger partial charge in [-0.3, -0.25) is 4.90 Å². The van der Waals surface area contributed by atoms with E-state index in [0.717, 1.165) is 5.69 Å². The molecule has 1 aliphatic rings. The fourth-order valence-corrected chi connectivity index (χ4v) is 4.46. The molecule has 1 saturated heterocycles. The minimum atomic E-state index is -3.13. The van der Waals surface area contributed by atoms with E-state index in [2.05, 4.69) is 20.4 Å². The first-order valence-corrected chi connectivity index (χ1v) is 10.2. The molecule has 3 rings (SSSR count). The lowest BCUT2D eigenvalue weighted by molar-refractivity contribution is 0.177. The van der Waals surface area contributed by atoms with Crippen LogP contribution in [-0.2, 0) is 16.6 Å². The van der Waals surface area contributed by atoms with Gasteiger partial charge in [-0.05, 0) is 41.1 Å². The number of tetrazole rings is 1. The molecule has 136 valence electrons. The lowest BCUT2D eigenvalue weighted by Gasteiger charge is -2.33. The molecule has 0 amide bonds. The van der Waals surface area contributed by atoms with Crippen LogP contribution in [0.15, 0.2) is 24.3 Å². The number of piperazine rings is 1. The number of sulfonamides is 1. The fraction of sp³-hybridized carbons (Fsp3) is 0.533. The summed E-state index contributed by atoms with van der Waals surface area (Å²) in [4.78, 5) is 2.16. The maximum Gasteiger partial charge on any atom is 0.214 e. The molecule has 0 N–H and O–H groups in total. The summed E-state index contributed by atoms with van der Waals surface area (Å²) in [7, 11) is -3.13. The molecule has 0 saturated carbocycles. The molecular weight excluding hydrogens is 364 g/mol. The SMILES string of the molecule is CCCS(=O)(=O)N1CCN(Cc2nnnn2-c2ccc(Cl)cc2)CC1. The zero-order valence-electron chi connectivity index (χ0n) is 14.0. The molecule has 10 heteroatoms. The largest absolute Gasteiger partial charge is 0.293 e. The molecule has 1 aromatic heterocycles. The Morgan fingerprint density at radius 2 is 1.80 bits per heavy atom. The summed E-state index contributed by atoms with van der Waals surface area (Å²) in [6.07, 6.45) is 0.637. The molecule has 0 spiro atoms. The molecule has 0 aliphatic carbocycles. The number of nitrogens with zero attached hydrogens (tertiary/aromatic N) is 6. The van der Waals surface area contributed by atoms with Crippen molar-refractivity contribution in [2.45, 2.75) is 19.9 Å². The van der Waals surface area contributed by atoms with Gasteiger partial charge in [0, 0.05) is 31.2 Å². The Morgan fingerprint density at radius 3 is 2.44 bits per heavy atom. The molecule has 8 nitrogen and oxygen atoms in total. The van der Waals surface area contributed by atoms with E-state index in [4.69, 9.17) is 11.6 Å². The zero-order chi connectivity index (χ0) is 17.9. The van der Waals surface area contributed by atoms with E-state index in [1.54, 1.807) is 21.1 Å². The number of rotatable bonds is 6. The van der Waals surface area contributed by atoms with Gasteiger partial charge in [-0.1, -0.05) is 18.5 Å². The number of benzene rings is 1. The summed E-state index contributed by atoms with van der Waals surface area (Å²) in [6.45, 7) is 4.78. The van der Waals surface area contributed by atoms with E-state index in [1.165, 1.54) is 0 Å². The summed E-state index contributed by atoms with van der Waals surface area (Å²) < 4.78 is 27.5. The topological polar surface area (TPSA) is 84.2 Å². The monoisotopic (exact) mass is 384 g/mol. The van der Waals surface area contributed by atoms with Gasteiger partial charge in [-0.15, -0.1) is 5.10 Å². The van der Waals surface area contributed by atoms with Gasteiger partial charge < -0.3 is 0 Å². The maximum atomic E-state index is 12.1. The van der Waals surface area contributed by atoms with Crippen LogP contribution in [0.25, 0.3) is 5.69 Å². The minimum absolute atomic E-state index is 0.210. The van der Waals surface area contributed by atoms with Crippen molar-refractivity contribution in [1.82, 2.24) is 29.4 Å². The summed E-state index contributed by atoms with van der Waals surface area (Å²) in [5.41, 5.74) is 0.841. The summed E-state index contributed by atoms with van der Waals surface area (Å²) in [6, 6.07) is 7.30. The van der Waals surface area contributed by atoms with Crippen LogP contribution < -0.4 is 0 Å². The Kier molecular flexibility index (Phi) is 5.67. The zero-order valence-corrected chi connectivity index (χ0v) is 15.6. The second-order valence-electron chi connectivity index (χ2n) is 5.97. The van der Waals surface area contributed by atoms with Crippen LogP contribution in [0.4, 0.5) is 0 Å². The molecule has 0 atom stereocenters. The van der Waals surface area contributed by atoms with Crippen LogP contribution in [0.3, 0.4) is 0 Å². The molecular formula is C15H21ClN6O2S. The van der Waals surface area contributed by atoms with Crippen molar-refractivity contribution < 1.29 is 8.42 Å². The Bertz CT molecular complexity index is 800. The molecule has 2 aromatic rings. The van der Waals surface area contributed by atoms with Crippen molar-refractivity contribution in [3.05, 3.63) is 35.1 Å². The van der Waals surface area contributed by atoms with E-state index in [0.29, 0.717) is 50.0 Å². The van der Waals surface area contributed by atoms with Gasteiger partial charge in [0.2, 0.25) is 10.0 Å². The second kappa shape index (κ2) is 7.77. The first kappa shape index (κ1) is 18.2. The minimum Gasteiger partial charge on any atom is -0.293 e. The van der Waals surface area contributed by atoms with Gasteiger partial charge in [0.1, 0.15) is 0 Å². The van der Waals surface area contributed by atoms with E-state index < -0.39 is 10.0 Å². The number of hydrogen-bond acceptors (Lipinski definition) is 6. The number of halogens is 1. The van der Waals surface area contributed by atoms with Crippen molar-refractivity contribution in [3.63, 3.8) is 0 Å². The molecule has 1 aromatic carbocycles. The number of aromatic nitrogens is 4. The van der Waals surface area contributed by atoms with E-state index in [-0.39, 0.29) is 5.75 Å². The molecule has 0 bridgehead atoms. The van der Waals surface area contributed by atoms with Gasteiger partial charge >= 0.3 is 0 Å². The first-order valence-electron chi connectivity index (χ1n) is 8.23. The molecule has 0 unspecified atom stereocenters. The quantitative estimate of drug-likeness (QED) is 0.743. The molecule has 1 aliphatic heterocycles. The van der Waals surface area contributed by atoms with Crippen LogP contribution in [0.5, 0.6) is 0 Å². The van der Waals surface area contributed by atoms with Crippen molar-refractivity contribution in [1.29, 1.82) is 0 Å². The third-order valence-electron chi connectivity index (χ3n) is 4.16. The lowest BCUT2D eigenvalue weighted by Crippen LogP contribution is -2.49. The van der Waals surface area contributed by atoms with Gasteiger partial charge in [0.15, 0.2) is 5.82 Å². The van der Waals surface area contributed by atoms with Gasteiger partial charge in [-0.25, -0.2) is 8.42 Å². The Balaban J connectivity index is 1.64. The number of hydrogen-bond donors (Lipinski definition) is 0. The highest BCUT2D eigenvalue weighted by molar-refractivity contribution is 7.89. The predicted molar refractivity (Wildman–Crippen MR) is 95.1 cm³/mol. The highest BCUT2D eigenvalue weighted by Gasteiger charge is 2.26. The molecule has 0 radical (unpaired) electrons. The standard InChI is InChI=1S/C15H21ClN6O2S/c1-2-11-25(23,24)21-9-7-20(8-10-21)12-15-17-18-19-22(15)14-5-3-13(16)4-6-14/h3-6H,2,7-12H2,1H3. The van der Waals surface area contributed by atoms with Crippen LogP contribution in [0.2, 0.25) is 5.02 Å². The second-order valence-corrected chi connectivity index (χ2v) is 8.50. The smallest absolute Gasteiger partial charge is 0.214 e. The average Bonchev–Trinajstić information content (AvgIpc) is 3.04. The van der Waals surface area contributed by atoms with E-state index in [9.17, 15) is 8.42 Å². The highest BCUT2D eigenvalue weighted by Crippen LogP contribution is 2.15. The Labute approximate surface area is 152 Å². The highest BCUT2D eigenvalue weighted by atomic mass is 35.5. The lowest BCUT2D eigenvalue weighted by atomic mass is 10.3. The first-order chi connectivity index (χ1) is 12.0. The van der Waals surface area contributed by atoms with Crippen molar-refractivity contribution in [2.75, 3.05) is 31.9 Å². The average molecular weight is 385 g/mol. The van der Waals surface area contributed by atoms with Crippen molar-refractivity contribution >= 4 is 21.6 Å². The van der Waals surface area contributed by atoms with E-state index >= 15 is 0 Å². The molecule has 1 fully saturated rings. The van der Waals surface area contributed by atoms with Gasteiger partial charge in [-0.2, -0.15) is 8.99 Å². The van der Waals surface area contributed by atoms with Crippen LogP contribution >= 0.6 is 11.6 Å². The summed E-state index contributed by atoms with van der Waals surface area (Å²) >= 11 is 5.92. The van der Waals surface area contributed by atoms with Crippen LogP contribution in [-0.4, -0.2) is 69.8 Å². The predicted octanol–water partition coefficient (Wildman–Crippen LogP) is 1.17.